The smallest absolute Gasteiger partial charge is 0.0620 e. The molecule has 0 atom stereocenters. The molecule has 0 unspecified atom stereocenters. The second-order valence-electron chi connectivity index (χ2n) is 20.1. The van der Waals surface area contributed by atoms with Gasteiger partial charge in [-0.3, -0.25) is 0 Å². The number of benzene rings is 12. The number of para-hydroxylation sites is 4. The first-order valence-corrected chi connectivity index (χ1v) is 25.6. The Kier molecular flexibility index (Phi) is 7.97. The molecule has 0 saturated carbocycles. The average molecular weight is 939 g/mol. The van der Waals surface area contributed by atoms with E-state index in [1.165, 1.54) is 126 Å². The molecule has 342 valence electrons. The van der Waals surface area contributed by atoms with E-state index in [9.17, 15) is 0 Å². The minimum atomic E-state index is 1.09. The van der Waals surface area contributed by atoms with Crippen molar-refractivity contribution in [3.8, 4) is 33.4 Å². The van der Waals surface area contributed by atoms with Crippen molar-refractivity contribution in [3.63, 3.8) is 0 Å². The summed E-state index contributed by atoms with van der Waals surface area (Å²) in [5.41, 5.74) is 20.1. The lowest BCUT2D eigenvalue weighted by atomic mass is 9.91. The largest absolute Gasteiger partial charge is 0.354 e. The van der Waals surface area contributed by atoms with Gasteiger partial charge in [0.1, 0.15) is 0 Å². The summed E-state index contributed by atoms with van der Waals surface area (Å²) < 4.78 is 4.95. The minimum Gasteiger partial charge on any atom is -0.354 e. The van der Waals surface area contributed by atoms with Gasteiger partial charge in [-0.25, -0.2) is 0 Å². The molecule has 74 heavy (non-hydrogen) atoms. The van der Waals surface area contributed by atoms with Crippen molar-refractivity contribution in [2.45, 2.75) is 0 Å². The third-order valence-corrected chi connectivity index (χ3v) is 16.2. The molecule has 0 aliphatic heterocycles. The van der Waals surface area contributed by atoms with Crippen LogP contribution in [-0.2, 0) is 0 Å². The number of rotatable bonds is 6. The van der Waals surface area contributed by atoms with Gasteiger partial charge in [0.05, 0.1) is 38.6 Å². The maximum absolute atomic E-state index is 3.97. The number of fused-ring (bicyclic) bond motifs is 16. The Morgan fingerprint density at radius 2 is 0.770 bits per heavy atom. The number of hydrogen-bond acceptors (Lipinski definition) is 1. The molecule has 0 bridgehead atoms. The van der Waals surface area contributed by atoms with E-state index in [4.69, 9.17) is 0 Å². The fourth-order valence-electron chi connectivity index (χ4n) is 13.0. The van der Waals surface area contributed by atoms with Gasteiger partial charge in [-0.2, -0.15) is 0 Å². The van der Waals surface area contributed by atoms with Crippen LogP contribution in [-0.4, -0.2) is 13.8 Å². The first kappa shape index (κ1) is 39.8. The lowest BCUT2D eigenvalue weighted by molar-refractivity contribution is 1.29. The van der Waals surface area contributed by atoms with Crippen LogP contribution in [0.15, 0.2) is 249 Å². The second kappa shape index (κ2) is 14.8. The van der Waals surface area contributed by atoms with E-state index in [0.717, 1.165) is 33.7 Å². The summed E-state index contributed by atoms with van der Waals surface area (Å²) in [5, 5.41) is 14.9. The van der Waals surface area contributed by atoms with Crippen LogP contribution in [0.5, 0.6) is 0 Å². The van der Waals surface area contributed by atoms with Crippen molar-refractivity contribution in [2.24, 2.45) is 0 Å². The zero-order chi connectivity index (χ0) is 48.2. The van der Waals surface area contributed by atoms with Gasteiger partial charge in [-0.1, -0.05) is 164 Å². The van der Waals surface area contributed by atoms with Crippen molar-refractivity contribution >= 4 is 126 Å². The van der Waals surface area contributed by atoms with Crippen LogP contribution in [0.1, 0.15) is 0 Å². The standard InChI is InChI=1S/C70H42N4/c1-3-15-42(16-4-1)44-29-32-63-58(36-44)62-38-46(43-17-5-2-6-18-43)37-61(68(62)71-63)57-41-49(35-45-19-7-8-20-50(45)57)72(47-30-33-66-59(39-47)55-25-13-23-53-51-21-9-11-27-64(51)73(66)69(53)55)48-31-34-67-60(40-48)56-26-14-24-54-52-22-10-12-28-65(52)74(67)70(54)56/h1-41,71H. The zero-order valence-corrected chi connectivity index (χ0v) is 40.0. The molecule has 0 spiro atoms. The van der Waals surface area contributed by atoms with E-state index in [1.54, 1.807) is 0 Å². The number of nitrogens with zero attached hydrogens (tertiary/aromatic N) is 3. The number of hydrogen-bond donors (Lipinski definition) is 1. The van der Waals surface area contributed by atoms with E-state index >= 15 is 0 Å². The van der Waals surface area contributed by atoms with Crippen LogP contribution in [0.25, 0.3) is 142 Å². The molecule has 0 aliphatic rings. The molecule has 0 saturated heterocycles. The normalized spacial score (nSPS) is 12.3. The fourth-order valence-corrected chi connectivity index (χ4v) is 13.0. The van der Waals surface area contributed by atoms with Crippen molar-refractivity contribution < 1.29 is 0 Å². The van der Waals surface area contributed by atoms with E-state index in [-0.39, 0.29) is 0 Å². The number of H-pyrrole nitrogens is 1. The molecule has 0 amide bonds. The Morgan fingerprint density at radius 3 is 1.39 bits per heavy atom. The molecule has 12 aromatic carbocycles. The molecule has 0 aliphatic carbocycles. The Hall–Kier alpha value is -9.90. The van der Waals surface area contributed by atoms with Crippen molar-refractivity contribution in [1.29, 1.82) is 0 Å². The van der Waals surface area contributed by atoms with Crippen LogP contribution in [0, 0.1) is 0 Å². The highest BCUT2D eigenvalue weighted by Crippen LogP contribution is 2.48. The molecule has 1 N–H and O–H groups in total. The number of nitrogens with one attached hydrogen (secondary N) is 1. The molecule has 5 heterocycles. The first-order chi connectivity index (χ1) is 36.7. The SMILES string of the molecule is c1ccc(-c2ccc3[nH]c4c(-c5cc(N(c6ccc7c(c6)c6cccc8c9ccccc9n7c86)c6ccc7c(c6)c6cccc8c9ccccc9n7c86)cc6ccccc56)cc(-c5ccccc5)cc4c3c2)cc1. The summed E-state index contributed by atoms with van der Waals surface area (Å²) in [6.07, 6.45) is 0. The van der Waals surface area contributed by atoms with E-state index < -0.39 is 0 Å². The van der Waals surface area contributed by atoms with E-state index in [2.05, 4.69) is 267 Å². The molecule has 4 nitrogen and oxygen atoms in total. The van der Waals surface area contributed by atoms with Crippen LogP contribution >= 0.6 is 0 Å². The van der Waals surface area contributed by atoms with Gasteiger partial charge >= 0.3 is 0 Å². The predicted molar refractivity (Wildman–Crippen MR) is 314 cm³/mol. The molecular formula is C70H42N4. The Balaban J connectivity index is 0.953. The van der Waals surface area contributed by atoms with Crippen molar-refractivity contribution in [2.75, 3.05) is 4.90 Å². The highest BCUT2D eigenvalue weighted by Gasteiger charge is 2.24. The van der Waals surface area contributed by atoms with Gasteiger partial charge in [0.2, 0.25) is 0 Å². The van der Waals surface area contributed by atoms with Gasteiger partial charge in [0, 0.05) is 82.0 Å². The van der Waals surface area contributed by atoms with Crippen LogP contribution in [0.4, 0.5) is 17.1 Å². The zero-order valence-electron chi connectivity index (χ0n) is 40.0. The first-order valence-electron chi connectivity index (χ1n) is 25.6. The molecular weight excluding hydrogens is 897 g/mol. The Morgan fingerprint density at radius 1 is 0.270 bits per heavy atom. The third kappa shape index (κ3) is 5.46. The highest BCUT2D eigenvalue weighted by atomic mass is 15.1. The second-order valence-corrected chi connectivity index (χ2v) is 20.1. The van der Waals surface area contributed by atoms with Gasteiger partial charge in [-0.15, -0.1) is 0 Å². The third-order valence-electron chi connectivity index (χ3n) is 16.2. The van der Waals surface area contributed by atoms with E-state index in [0.29, 0.717) is 0 Å². The maximum Gasteiger partial charge on any atom is 0.0620 e. The molecule has 5 aromatic heterocycles. The number of aromatic amines is 1. The Bertz CT molecular complexity index is 4950. The van der Waals surface area contributed by atoms with Crippen LogP contribution in [0.3, 0.4) is 0 Å². The van der Waals surface area contributed by atoms with Crippen molar-refractivity contribution in [1.82, 2.24) is 13.8 Å². The lowest BCUT2D eigenvalue weighted by Crippen LogP contribution is -2.10. The van der Waals surface area contributed by atoms with Crippen LogP contribution < -0.4 is 4.90 Å². The average Bonchev–Trinajstić information content (AvgIpc) is 4.30. The highest BCUT2D eigenvalue weighted by molar-refractivity contribution is 6.25. The minimum absolute atomic E-state index is 1.09. The molecule has 4 heteroatoms. The van der Waals surface area contributed by atoms with Gasteiger partial charge in [-0.05, 0) is 124 Å². The number of anilines is 3. The van der Waals surface area contributed by atoms with Crippen LogP contribution in [0.2, 0.25) is 0 Å². The predicted octanol–water partition coefficient (Wildman–Crippen LogP) is 19.2. The topological polar surface area (TPSA) is 27.9 Å². The summed E-state index contributed by atoms with van der Waals surface area (Å²) >= 11 is 0. The summed E-state index contributed by atoms with van der Waals surface area (Å²) in [6.45, 7) is 0. The number of aromatic nitrogens is 3. The summed E-state index contributed by atoms with van der Waals surface area (Å²) in [7, 11) is 0. The molecule has 0 fully saturated rings. The molecule has 17 rings (SSSR count). The summed E-state index contributed by atoms with van der Waals surface area (Å²) in [4.78, 5) is 6.48. The van der Waals surface area contributed by atoms with Gasteiger partial charge in [0.25, 0.3) is 0 Å². The quantitative estimate of drug-likeness (QED) is 0.177. The summed E-state index contributed by atoms with van der Waals surface area (Å²) in [5.74, 6) is 0. The monoisotopic (exact) mass is 938 g/mol. The fraction of sp³-hybridized carbons (Fsp3) is 0. The van der Waals surface area contributed by atoms with Crippen molar-refractivity contribution in [3.05, 3.63) is 249 Å². The van der Waals surface area contributed by atoms with E-state index in [1.807, 2.05) is 0 Å². The summed E-state index contributed by atoms with van der Waals surface area (Å²) in [6, 6.07) is 92.4. The molecule has 0 radical (unpaired) electrons. The lowest BCUT2D eigenvalue weighted by Gasteiger charge is -2.27. The Labute approximate surface area is 424 Å². The maximum atomic E-state index is 3.97. The van der Waals surface area contributed by atoms with Gasteiger partial charge < -0.3 is 18.7 Å². The molecule has 17 aromatic rings. The van der Waals surface area contributed by atoms with Gasteiger partial charge in [0.15, 0.2) is 0 Å².